The maximum absolute atomic E-state index is 12.8. The van der Waals surface area contributed by atoms with Gasteiger partial charge in [-0.1, -0.05) is 30.3 Å². The molecule has 0 spiro atoms. The van der Waals surface area contributed by atoms with E-state index in [1.807, 2.05) is 30.3 Å². The van der Waals surface area contributed by atoms with Gasteiger partial charge in [-0.25, -0.2) is 4.79 Å². The Balaban J connectivity index is 1.35. The smallest absolute Gasteiger partial charge is 0.410 e. The normalized spacial score (nSPS) is 19.6. The third kappa shape index (κ3) is 8.56. The number of benzene rings is 1. The SMILES string of the molecule is CC(CC(=O)O)NC(=O)C1CCCN(C(=O)CCC2CCN(C(=O)OCc3ccccc3)CC2)C1. The Bertz CT molecular complexity index is 869. The maximum Gasteiger partial charge on any atom is 0.410 e. The summed E-state index contributed by atoms with van der Waals surface area (Å²) < 4.78 is 5.42. The van der Waals surface area contributed by atoms with Gasteiger partial charge in [-0.2, -0.15) is 0 Å². The molecule has 0 saturated carbocycles. The third-order valence-electron chi connectivity index (χ3n) is 6.86. The van der Waals surface area contributed by atoms with Crippen LogP contribution in [0.5, 0.6) is 0 Å². The first kappa shape index (κ1) is 26.5. The van der Waals surface area contributed by atoms with E-state index in [0.29, 0.717) is 44.9 Å². The predicted molar refractivity (Wildman–Crippen MR) is 129 cm³/mol. The second-order valence-corrected chi connectivity index (χ2v) is 9.70. The number of aliphatic carboxylic acids is 1. The third-order valence-corrected chi connectivity index (χ3v) is 6.86. The number of piperidine rings is 2. The van der Waals surface area contributed by atoms with E-state index in [-0.39, 0.29) is 36.9 Å². The van der Waals surface area contributed by atoms with E-state index in [9.17, 15) is 19.2 Å². The predicted octanol–water partition coefficient (Wildman–Crippen LogP) is 3.03. The molecule has 2 aliphatic heterocycles. The number of carbonyl (C=O) groups excluding carboxylic acids is 3. The first-order valence-electron chi connectivity index (χ1n) is 12.6. The Morgan fingerprint density at radius 1 is 1.06 bits per heavy atom. The first-order valence-corrected chi connectivity index (χ1v) is 12.6. The van der Waals surface area contributed by atoms with Gasteiger partial charge in [0.2, 0.25) is 11.8 Å². The van der Waals surface area contributed by atoms with Gasteiger partial charge in [0.25, 0.3) is 0 Å². The summed E-state index contributed by atoms with van der Waals surface area (Å²) >= 11 is 0. The van der Waals surface area contributed by atoms with Gasteiger partial charge in [-0.05, 0) is 50.5 Å². The van der Waals surface area contributed by atoms with E-state index in [2.05, 4.69) is 5.32 Å². The second-order valence-electron chi connectivity index (χ2n) is 9.70. The maximum atomic E-state index is 12.8. The quantitative estimate of drug-likeness (QED) is 0.553. The van der Waals surface area contributed by atoms with Crippen molar-refractivity contribution >= 4 is 23.9 Å². The molecule has 2 saturated heterocycles. The second kappa shape index (κ2) is 13.1. The molecular formula is C26H37N3O6. The van der Waals surface area contributed by atoms with Crippen LogP contribution in [-0.4, -0.2) is 71.0 Å². The molecule has 2 heterocycles. The van der Waals surface area contributed by atoms with Crippen LogP contribution in [0, 0.1) is 11.8 Å². The van der Waals surface area contributed by atoms with Gasteiger partial charge in [-0.15, -0.1) is 0 Å². The number of nitrogens with one attached hydrogen (secondary N) is 1. The van der Waals surface area contributed by atoms with E-state index in [4.69, 9.17) is 9.84 Å². The summed E-state index contributed by atoms with van der Waals surface area (Å²) in [4.78, 5) is 52.0. The fourth-order valence-electron chi connectivity index (χ4n) is 4.79. The van der Waals surface area contributed by atoms with E-state index in [0.717, 1.165) is 31.2 Å². The number of ether oxygens (including phenoxy) is 1. The molecule has 1 aromatic rings. The zero-order chi connectivity index (χ0) is 25.2. The summed E-state index contributed by atoms with van der Waals surface area (Å²) in [6.45, 7) is 4.24. The average molecular weight is 488 g/mol. The molecule has 3 rings (SSSR count). The number of carboxylic acid groups (broad SMARTS) is 1. The van der Waals surface area contributed by atoms with E-state index in [1.165, 1.54) is 0 Å². The van der Waals surface area contributed by atoms with Crippen molar-refractivity contribution in [3.8, 4) is 0 Å². The molecule has 2 aliphatic rings. The highest BCUT2D eigenvalue weighted by Gasteiger charge is 2.30. The van der Waals surface area contributed by atoms with Crippen molar-refractivity contribution in [1.82, 2.24) is 15.1 Å². The van der Waals surface area contributed by atoms with Gasteiger partial charge in [0.1, 0.15) is 6.61 Å². The highest BCUT2D eigenvalue weighted by Crippen LogP contribution is 2.24. The van der Waals surface area contributed by atoms with Crippen molar-refractivity contribution in [2.24, 2.45) is 11.8 Å². The van der Waals surface area contributed by atoms with Gasteiger partial charge in [0, 0.05) is 38.6 Å². The summed E-state index contributed by atoms with van der Waals surface area (Å²) in [5.74, 6) is -0.978. The number of hydrogen-bond donors (Lipinski definition) is 2. The molecular weight excluding hydrogens is 450 g/mol. The summed E-state index contributed by atoms with van der Waals surface area (Å²) in [7, 11) is 0. The van der Waals surface area contributed by atoms with Crippen molar-refractivity contribution in [1.29, 1.82) is 0 Å². The lowest BCUT2D eigenvalue weighted by Crippen LogP contribution is -2.47. The van der Waals surface area contributed by atoms with E-state index in [1.54, 1.807) is 16.7 Å². The van der Waals surface area contributed by atoms with Crippen LogP contribution in [0.15, 0.2) is 30.3 Å². The molecule has 2 fully saturated rings. The summed E-state index contributed by atoms with van der Waals surface area (Å²) in [6.07, 6.45) is 3.96. The van der Waals surface area contributed by atoms with Crippen LogP contribution in [0.1, 0.15) is 57.4 Å². The fraction of sp³-hybridized carbons (Fsp3) is 0.615. The zero-order valence-corrected chi connectivity index (χ0v) is 20.5. The Hall–Kier alpha value is -3.10. The van der Waals surface area contributed by atoms with Crippen molar-refractivity contribution in [3.05, 3.63) is 35.9 Å². The minimum absolute atomic E-state index is 0.0609. The number of rotatable bonds is 9. The van der Waals surface area contributed by atoms with Crippen LogP contribution >= 0.6 is 0 Å². The first-order chi connectivity index (χ1) is 16.8. The van der Waals surface area contributed by atoms with Crippen molar-refractivity contribution in [2.45, 2.75) is 64.5 Å². The summed E-state index contributed by atoms with van der Waals surface area (Å²) in [6, 6.07) is 9.16. The standard InChI is InChI=1S/C26H37N3O6/c1-19(16-24(31)32)27-25(33)22-8-5-13-29(17-22)23(30)10-9-20-11-14-28(15-12-20)26(34)35-18-21-6-3-2-4-7-21/h2-4,6-7,19-20,22H,5,8-18H2,1H3,(H,27,33)(H,31,32). The number of carbonyl (C=O) groups is 4. The molecule has 3 amide bonds. The minimum atomic E-state index is -0.951. The number of amides is 3. The van der Waals surface area contributed by atoms with Gasteiger partial charge in [0.15, 0.2) is 0 Å². The summed E-state index contributed by atoms with van der Waals surface area (Å²) in [5, 5.41) is 11.6. The molecule has 0 bridgehead atoms. The number of likely N-dealkylation sites (tertiary alicyclic amines) is 2. The Morgan fingerprint density at radius 3 is 2.46 bits per heavy atom. The molecule has 9 nitrogen and oxygen atoms in total. The van der Waals surface area contributed by atoms with Gasteiger partial charge in [0.05, 0.1) is 12.3 Å². The largest absolute Gasteiger partial charge is 0.481 e. The van der Waals surface area contributed by atoms with Crippen LogP contribution < -0.4 is 5.32 Å². The van der Waals surface area contributed by atoms with Crippen molar-refractivity contribution < 1.29 is 29.0 Å². The molecule has 2 unspecified atom stereocenters. The monoisotopic (exact) mass is 487 g/mol. The molecule has 0 aliphatic carbocycles. The van der Waals surface area contributed by atoms with Crippen LogP contribution in [0.25, 0.3) is 0 Å². The highest BCUT2D eigenvalue weighted by molar-refractivity contribution is 5.82. The lowest BCUT2D eigenvalue weighted by atomic mass is 9.91. The molecule has 192 valence electrons. The van der Waals surface area contributed by atoms with Crippen molar-refractivity contribution in [2.75, 3.05) is 26.2 Å². The Morgan fingerprint density at radius 2 is 1.77 bits per heavy atom. The molecule has 0 radical (unpaired) electrons. The topological polar surface area (TPSA) is 116 Å². The van der Waals surface area contributed by atoms with Crippen LogP contribution in [0.4, 0.5) is 4.79 Å². The van der Waals surface area contributed by atoms with Crippen LogP contribution in [0.3, 0.4) is 0 Å². The lowest BCUT2D eigenvalue weighted by molar-refractivity contribution is -0.137. The molecule has 2 atom stereocenters. The van der Waals surface area contributed by atoms with Crippen LogP contribution in [-0.2, 0) is 25.7 Å². The molecule has 2 N–H and O–H groups in total. The molecule has 9 heteroatoms. The molecule has 35 heavy (non-hydrogen) atoms. The zero-order valence-electron chi connectivity index (χ0n) is 20.5. The number of carboxylic acids is 1. The van der Waals surface area contributed by atoms with Gasteiger partial charge >= 0.3 is 12.1 Å². The van der Waals surface area contributed by atoms with Gasteiger partial charge in [-0.3, -0.25) is 14.4 Å². The number of nitrogens with zero attached hydrogens (tertiary/aromatic N) is 2. The lowest BCUT2D eigenvalue weighted by Gasteiger charge is -2.34. The van der Waals surface area contributed by atoms with E-state index >= 15 is 0 Å². The average Bonchev–Trinajstić information content (AvgIpc) is 2.86. The van der Waals surface area contributed by atoms with Crippen molar-refractivity contribution in [3.63, 3.8) is 0 Å². The Labute approximate surface area is 206 Å². The fourth-order valence-corrected chi connectivity index (χ4v) is 4.79. The molecule has 1 aromatic carbocycles. The highest BCUT2D eigenvalue weighted by atomic mass is 16.6. The number of hydrogen-bond acceptors (Lipinski definition) is 5. The Kier molecular flexibility index (Phi) is 9.93. The van der Waals surface area contributed by atoms with Gasteiger partial charge < -0.3 is 25.0 Å². The van der Waals surface area contributed by atoms with E-state index < -0.39 is 12.0 Å². The molecule has 0 aromatic heterocycles. The minimum Gasteiger partial charge on any atom is -0.481 e. The summed E-state index contributed by atoms with van der Waals surface area (Å²) in [5.41, 5.74) is 0.960. The van der Waals surface area contributed by atoms with Crippen LogP contribution in [0.2, 0.25) is 0 Å².